The Kier molecular flexibility index (Phi) is 4.23. The highest BCUT2D eigenvalue weighted by Crippen LogP contribution is 2.27. The highest BCUT2D eigenvalue weighted by Gasteiger charge is 2.27. The first-order chi connectivity index (χ1) is 9.13. The molecule has 4 N–H and O–H groups in total. The Balaban J connectivity index is 2.00. The van der Waals surface area contributed by atoms with Crippen LogP contribution in [0.2, 0.25) is 0 Å². The first-order valence-electron chi connectivity index (χ1n) is 6.76. The third-order valence-electron chi connectivity index (χ3n) is 3.67. The lowest BCUT2D eigenvalue weighted by Gasteiger charge is -2.27. The Morgan fingerprint density at radius 3 is 2.63 bits per heavy atom. The van der Waals surface area contributed by atoms with Crippen LogP contribution in [0.4, 0.5) is 11.5 Å². The number of nitriles is 1. The number of nitrogens with two attached hydrogens (primary N) is 1. The minimum Gasteiger partial charge on any atom is -0.396 e. The van der Waals surface area contributed by atoms with Crippen molar-refractivity contribution in [3.63, 3.8) is 0 Å². The molecule has 0 bridgehead atoms. The first-order valence-corrected chi connectivity index (χ1v) is 6.76. The molecule has 1 aliphatic carbocycles. The second-order valence-electron chi connectivity index (χ2n) is 5.24. The largest absolute Gasteiger partial charge is 0.396 e. The number of pyridine rings is 1. The number of hydrogen-bond donors (Lipinski definition) is 3. The number of aliphatic hydroxyl groups is 1. The number of anilines is 2. The molecule has 5 heteroatoms. The lowest BCUT2D eigenvalue weighted by Crippen LogP contribution is -2.36. The van der Waals surface area contributed by atoms with Gasteiger partial charge in [-0.3, -0.25) is 0 Å². The summed E-state index contributed by atoms with van der Waals surface area (Å²) in [4.78, 5) is 4.12. The Morgan fingerprint density at radius 2 is 2.00 bits per heavy atom. The van der Waals surface area contributed by atoms with Crippen molar-refractivity contribution in [1.82, 2.24) is 4.98 Å². The smallest absolute Gasteiger partial charge is 0.165 e. The van der Waals surface area contributed by atoms with Crippen molar-refractivity contribution in [2.24, 2.45) is 0 Å². The Labute approximate surface area is 113 Å². The van der Waals surface area contributed by atoms with Gasteiger partial charge in [0.25, 0.3) is 0 Å². The molecule has 102 valence electrons. The number of nitrogens with zero attached hydrogens (tertiary/aromatic N) is 2. The van der Waals surface area contributed by atoms with Crippen LogP contribution in [-0.4, -0.2) is 22.2 Å². The van der Waals surface area contributed by atoms with E-state index in [0.717, 1.165) is 25.7 Å². The molecule has 1 saturated carbocycles. The van der Waals surface area contributed by atoms with Gasteiger partial charge in [0.15, 0.2) is 5.69 Å². The average molecular weight is 260 g/mol. The van der Waals surface area contributed by atoms with E-state index in [1.54, 1.807) is 12.1 Å². The second-order valence-corrected chi connectivity index (χ2v) is 5.24. The van der Waals surface area contributed by atoms with Gasteiger partial charge in [-0.15, -0.1) is 0 Å². The summed E-state index contributed by atoms with van der Waals surface area (Å²) in [5.41, 5.74) is 5.56. The van der Waals surface area contributed by atoms with E-state index >= 15 is 0 Å². The highest BCUT2D eigenvalue weighted by molar-refractivity contribution is 5.54. The van der Waals surface area contributed by atoms with Crippen LogP contribution in [-0.2, 0) is 0 Å². The van der Waals surface area contributed by atoms with Crippen LogP contribution in [0.1, 0.15) is 44.2 Å². The van der Waals surface area contributed by atoms with Crippen LogP contribution >= 0.6 is 0 Å². The number of hydrogen-bond acceptors (Lipinski definition) is 5. The monoisotopic (exact) mass is 260 g/mol. The maximum Gasteiger partial charge on any atom is 0.165 e. The molecule has 19 heavy (non-hydrogen) atoms. The van der Waals surface area contributed by atoms with Crippen LogP contribution in [0.3, 0.4) is 0 Å². The van der Waals surface area contributed by atoms with Gasteiger partial charge in [-0.05, 0) is 25.0 Å². The van der Waals surface area contributed by atoms with Crippen LogP contribution < -0.4 is 11.1 Å². The molecule has 0 saturated heterocycles. The van der Waals surface area contributed by atoms with Gasteiger partial charge >= 0.3 is 0 Å². The van der Waals surface area contributed by atoms with E-state index in [-0.39, 0.29) is 5.69 Å². The predicted octanol–water partition coefficient (Wildman–Crippen LogP) is 2.03. The van der Waals surface area contributed by atoms with Gasteiger partial charge < -0.3 is 16.2 Å². The van der Waals surface area contributed by atoms with E-state index in [4.69, 9.17) is 11.0 Å². The number of nitrogens with one attached hydrogen (secondary N) is 1. The Morgan fingerprint density at radius 1 is 1.32 bits per heavy atom. The van der Waals surface area contributed by atoms with Crippen molar-refractivity contribution in [1.29, 1.82) is 5.26 Å². The number of rotatable bonds is 3. The van der Waals surface area contributed by atoms with Crippen LogP contribution in [0, 0.1) is 11.3 Å². The minimum atomic E-state index is -0.660. The molecule has 1 fully saturated rings. The molecule has 1 heterocycles. The number of nitrogen functional groups attached to an aromatic ring is 1. The zero-order valence-corrected chi connectivity index (χ0v) is 11.0. The van der Waals surface area contributed by atoms with E-state index in [0.29, 0.717) is 18.1 Å². The van der Waals surface area contributed by atoms with Gasteiger partial charge in [-0.25, -0.2) is 4.98 Å². The lowest BCUT2D eigenvalue weighted by atomic mass is 9.94. The van der Waals surface area contributed by atoms with Crippen LogP contribution in [0.15, 0.2) is 12.1 Å². The molecule has 5 nitrogen and oxygen atoms in total. The molecule has 2 rings (SSSR count). The second kappa shape index (κ2) is 5.89. The fraction of sp³-hybridized carbons (Fsp3) is 0.571. The molecule has 0 aromatic carbocycles. The minimum absolute atomic E-state index is 0.220. The van der Waals surface area contributed by atoms with Crippen molar-refractivity contribution in [3.8, 4) is 6.07 Å². The van der Waals surface area contributed by atoms with E-state index < -0.39 is 5.60 Å². The summed E-state index contributed by atoms with van der Waals surface area (Å²) >= 11 is 0. The molecular formula is C14H20N4O. The van der Waals surface area contributed by atoms with Crippen molar-refractivity contribution >= 4 is 11.5 Å². The van der Waals surface area contributed by atoms with Crippen molar-refractivity contribution < 1.29 is 5.11 Å². The van der Waals surface area contributed by atoms with E-state index in [9.17, 15) is 5.11 Å². The molecule has 1 aromatic heterocycles. The molecule has 1 aromatic rings. The van der Waals surface area contributed by atoms with E-state index in [1.165, 1.54) is 12.8 Å². The van der Waals surface area contributed by atoms with E-state index in [2.05, 4.69) is 10.3 Å². The fourth-order valence-corrected chi connectivity index (χ4v) is 2.48. The molecular weight excluding hydrogens is 240 g/mol. The van der Waals surface area contributed by atoms with E-state index in [1.807, 2.05) is 6.07 Å². The topological polar surface area (TPSA) is 95.0 Å². The van der Waals surface area contributed by atoms with Gasteiger partial charge in [0, 0.05) is 6.54 Å². The maximum atomic E-state index is 10.5. The molecule has 0 aliphatic heterocycles. The van der Waals surface area contributed by atoms with Crippen LogP contribution in [0.5, 0.6) is 0 Å². The molecule has 0 spiro atoms. The fourth-order valence-electron chi connectivity index (χ4n) is 2.48. The van der Waals surface area contributed by atoms with Gasteiger partial charge in [0.2, 0.25) is 0 Å². The Hall–Kier alpha value is -1.80. The standard InChI is InChI=1S/C14H20N4O/c15-9-12-11(16)5-6-13(18-12)17-10-14(19)7-3-1-2-4-8-14/h5-6,19H,1-4,7-8,10,16H2,(H,17,18). The molecule has 1 aliphatic rings. The van der Waals surface area contributed by atoms with Crippen molar-refractivity contribution in [2.75, 3.05) is 17.6 Å². The van der Waals surface area contributed by atoms with Crippen molar-refractivity contribution in [2.45, 2.75) is 44.1 Å². The molecule has 0 unspecified atom stereocenters. The lowest BCUT2D eigenvalue weighted by molar-refractivity contribution is 0.0380. The number of aromatic nitrogens is 1. The third kappa shape index (κ3) is 3.58. The van der Waals surface area contributed by atoms with Crippen molar-refractivity contribution in [3.05, 3.63) is 17.8 Å². The maximum absolute atomic E-state index is 10.5. The molecule has 0 atom stereocenters. The summed E-state index contributed by atoms with van der Waals surface area (Å²) in [5.74, 6) is 0.587. The summed E-state index contributed by atoms with van der Waals surface area (Å²) in [7, 11) is 0. The summed E-state index contributed by atoms with van der Waals surface area (Å²) in [6.07, 6.45) is 6.16. The Bertz CT molecular complexity index is 473. The zero-order valence-electron chi connectivity index (χ0n) is 11.0. The first kappa shape index (κ1) is 13.6. The quantitative estimate of drug-likeness (QED) is 0.723. The zero-order chi connectivity index (χ0) is 13.7. The molecule has 0 amide bonds. The van der Waals surface area contributed by atoms with Gasteiger partial charge in [-0.1, -0.05) is 25.7 Å². The predicted molar refractivity (Wildman–Crippen MR) is 74.5 cm³/mol. The van der Waals surface area contributed by atoms with Gasteiger partial charge in [-0.2, -0.15) is 5.26 Å². The van der Waals surface area contributed by atoms with Gasteiger partial charge in [0.1, 0.15) is 11.9 Å². The summed E-state index contributed by atoms with van der Waals surface area (Å²) in [6, 6.07) is 5.34. The molecule has 0 radical (unpaired) electrons. The summed E-state index contributed by atoms with van der Waals surface area (Å²) in [5, 5.41) is 22.5. The SMILES string of the molecule is N#Cc1nc(NCC2(O)CCCCCC2)ccc1N. The normalized spacial score (nSPS) is 18.3. The third-order valence-corrected chi connectivity index (χ3v) is 3.67. The summed E-state index contributed by atoms with van der Waals surface area (Å²) < 4.78 is 0. The van der Waals surface area contributed by atoms with Crippen LogP contribution in [0.25, 0.3) is 0 Å². The highest BCUT2D eigenvalue weighted by atomic mass is 16.3. The van der Waals surface area contributed by atoms with Gasteiger partial charge in [0.05, 0.1) is 11.3 Å². The average Bonchev–Trinajstić information content (AvgIpc) is 2.63. The summed E-state index contributed by atoms with van der Waals surface area (Å²) in [6.45, 7) is 0.467.